The van der Waals surface area contributed by atoms with Gasteiger partial charge in [0.1, 0.15) is 0 Å². The molecule has 0 spiro atoms. The lowest BCUT2D eigenvalue weighted by molar-refractivity contribution is -0.275. The van der Waals surface area contributed by atoms with Crippen molar-refractivity contribution in [3.63, 3.8) is 0 Å². The van der Waals surface area contributed by atoms with E-state index >= 15 is 0 Å². The average molecular weight is 250 g/mol. The number of halogens is 3. The maximum absolute atomic E-state index is 12.1. The molecule has 0 bridgehead atoms. The summed E-state index contributed by atoms with van der Waals surface area (Å²) in [4.78, 5) is 10.4. The smallest absolute Gasteiger partial charge is 0.493 e. The monoisotopic (exact) mass is 250 g/mol. The summed E-state index contributed by atoms with van der Waals surface area (Å²) in [5.41, 5.74) is 0.192. The third kappa shape index (κ3) is 4.21. The van der Waals surface area contributed by atoms with E-state index in [0.29, 0.717) is 0 Å². The number of rotatable bonds is 4. The van der Waals surface area contributed by atoms with Crippen LogP contribution in [0.3, 0.4) is 0 Å². The minimum Gasteiger partial charge on any atom is -0.493 e. The molecule has 7 heteroatoms. The van der Waals surface area contributed by atoms with E-state index in [4.69, 9.17) is 5.11 Å². The van der Waals surface area contributed by atoms with Crippen molar-refractivity contribution in [3.8, 4) is 11.5 Å². The van der Waals surface area contributed by atoms with Gasteiger partial charge in [-0.05, 0) is 17.7 Å². The molecule has 0 radical (unpaired) electrons. The van der Waals surface area contributed by atoms with Crippen LogP contribution in [0.5, 0.6) is 11.5 Å². The van der Waals surface area contributed by atoms with Gasteiger partial charge in [-0.15, -0.1) is 13.2 Å². The van der Waals surface area contributed by atoms with Crippen molar-refractivity contribution in [1.82, 2.24) is 0 Å². The topological polar surface area (TPSA) is 55.8 Å². The van der Waals surface area contributed by atoms with Crippen LogP contribution in [-0.2, 0) is 11.2 Å². The van der Waals surface area contributed by atoms with Crippen LogP contribution in [0.25, 0.3) is 0 Å². The highest BCUT2D eigenvalue weighted by atomic mass is 19.4. The molecule has 0 aliphatic carbocycles. The van der Waals surface area contributed by atoms with E-state index in [-0.39, 0.29) is 11.3 Å². The highest BCUT2D eigenvalue weighted by Crippen LogP contribution is 2.32. The molecule has 1 aromatic rings. The van der Waals surface area contributed by atoms with Crippen LogP contribution >= 0.6 is 0 Å². The Morgan fingerprint density at radius 2 is 2.00 bits per heavy atom. The maximum atomic E-state index is 12.1. The first-order valence-electron chi connectivity index (χ1n) is 4.46. The quantitative estimate of drug-likeness (QED) is 0.890. The second kappa shape index (κ2) is 4.94. The predicted octanol–water partition coefficient (Wildman–Crippen LogP) is 2.22. The zero-order valence-electron chi connectivity index (χ0n) is 8.75. The Hall–Kier alpha value is -1.92. The minimum absolute atomic E-state index is 0.114. The molecule has 17 heavy (non-hydrogen) atoms. The molecule has 0 aliphatic heterocycles. The Morgan fingerprint density at radius 3 is 2.47 bits per heavy atom. The summed E-state index contributed by atoms with van der Waals surface area (Å²) < 4.78 is 44.6. The zero-order chi connectivity index (χ0) is 13.1. The first-order chi connectivity index (χ1) is 7.81. The van der Waals surface area contributed by atoms with Crippen molar-refractivity contribution < 1.29 is 32.5 Å². The highest BCUT2D eigenvalue weighted by Gasteiger charge is 2.32. The lowest BCUT2D eigenvalue weighted by atomic mass is 10.1. The Bertz CT molecular complexity index is 415. The molecule has 1 rings (SSSR count). The fraction of sp³-hybridized carbons (Fsp3) is 0.300. The summed E-state index contributed by atoms with van der Waals surface area (Å²) >= 11 is 0. The molecule has 0 amide bonds. The summed E-state index contributed by atoms with van der Waals surface area (Å²) in [5.74, 6) is -1.82. The molecule has 0 aromatic heterocycles. The zero-order valence-corrected chi connectivity index (χ0v) is 8.75. The second-order valence-electron chi connectivity index (χ2n) is 3.10. The number of carboxylic acid groups (broad SMARTS) is 1. The Balaban J connectivity index is 3.02. The van der Waals surface area contributed by atoms with E-state index in [1.165, 1.54) is 19.2 Å². The van der Waals surface area contributed by atoms with Gasteiger partial charge in [0.2, 0.25) is 0 Å². The normalized spacial score (nSPS) is 11.1. The summed E-state index contributed by atoms with van der Waals surface area (Å²) in [6.07, 6.45) is -5.24. The number of ether oxygens (including phenoxy) is 2. The molecular weight excluding hydrogens is 241 g/mol. The number of alkyl halides is 3. The number of carbonyl (C=O) groups is 1. The van der Waals surface area contributed by atoms with Gasteiger partial charge >= 0.3 is 12.3 Å². The van der Waals surface area contributed by atoms with E-state index in [9.17, 15) is 18.0 Å². The fourth-order valence-electron chi connectivity index (χ4n) is 1.21. The summed E-state index contributed by atoms with van der Waals surface area (Å²) in [6, 6.07) is 3.57. The Kier molecular flexibility index (Phi) is 3.82. The first kappa shape index (κ1) is 13.1. The van der Waals surface area contributed by atoms with Crippen LogP contribution in [0.2, 0.25) is 0 Å². The van der Waals surface area contributed by atoms with Crippen molar-refractivity contribution in [3.05, 3.63) is 23.8 Å². The average Bonchev–Trinajstić information content (AvgIpc) is 2.14. The lowest BCUT2D eigenvalue weighted by Crippen LogP contribution is -2.17. The molecule has 0 saturated carbocycles. The molecule has 0 saturated heterocycles. The van der Waals surface area contributed by atoms with Crippen LogP contribution in [0.1, 0.15) is 5.56 Å². The number of hydrogen-bond donors (Lipinski definition) is 1. The third-order valence-corrected chi connectivity index (χ3v) is 1.81. The molecule has 1 aromatic carbocycles. The standard InChI is InChI=1S/C10H9F3O4/c1-16-7-3-2-6(5-9(14)15)4-8(7)17-10(11,12)13/h2-4H,5H2,1H3,(H,14,15). The van der Waals surface area contributed by atoms with Crippen LogP contribution < -0.4 is 9.47 Å². The van der Waals surface area contributed by atoms with Gasteiger partial charge in [-0.25, -0.2) is 0 Å². The Labute approximate surface area is 94.6 Å². The molecule has 0 unspecified atom stereocenters. The second-order valence-corrected chi connectivity index (χ2v) is 3.10. The van der Waals surface area contributed by atoms with Crippen molar-refractivity contribution in [2.75, 3.05) is 7.11 Å². The van der Waals surface area contributed by atoms with Gasteiger partial charge in [-0.1, -0.05) is 6.07 Å². The summed E-state index contributed by atoms with van der Waals surface area (Å²) in [6.45, 7) is 0. The van der Waals surface area contributed by atoms with E-state index < -0.39 is 24.5 Å². The van der Waals surface area contributed by atoms with Crippen LogP contribution in [0.15, 0.2) is 18.2 Å². The van der Waals surface area contributed by atoms with Crippen molar-refractivity contribution in [2.45, 2.75) is 12.8 Å². The van der Waals surface area contributed by atoms with E-state index in [0.717, 1.165) is 6.07 Å². The van der Waals surface area contributed by atoms with Gasteiger partial charge < -0.3 is 14.6 Å². The first-order valence-corrected chi connectivity index (χ1v) is 4.46. The van der Waals surface area contributed by atoms with Gasteiger partial charge in [-0.2, -0.15) is 0 Å². The molecule has 0 aliphatic rings. The van der Waals surface area contributed by atoms with E-state index in [2.05, 4.69) is 9.47 Å². The number of hydrogen-bond acceptors (Lipinski definition) is 3. The SMILES string of the molecule is COc1ccc(CC(=O)O)cc1OC(F)(F)F. The van der Waals surface area contributed by atoms with Gasteiger partial charge in [0.15, 0.2) is 11.5 Å². The van der Waals surface area contributed by atoms with Gasteiger partial charge in [0, 0.05) is 0 Å². The Morgan fingerprint density at radius 1 is 1.35 bits per heavy atom. The van der Waals surface area contributed by atoms with E-state index in [1.54, 1.807) is 0 Å². The van der Waals surface area contributed by atoms with Crippen molar-refractivity contribution >= 4 is 5.97 Å². The number of benzene rings is 1. The largest absolute Gasteiger partial charge is 0.573 e. The highest BCUT2D eigenvalue weighted by molar-refractivity contribution is 5.70. The molecule has 4 nitrogen and oxygen atoms in total. The molecule has 0 fully saturated rings. The fourth-order valence-corrected chi connectivity index (χ4v) is 1.21. The van der Waals surface area contributed by atoms with Gasteiger partial charge in [0.25, 0.3) is 0 Å². The number of methoxy groups -OCH3 is 1. The molecule has 1 N–H and O–H groups in total. The van der Waals surface area contributed by atoms with Crippen LogP contribution in [0.4, 0.5) is 13.2 Å². The van der Waals surface area contributed by atoms with Crippen molar-refractivity contribution in [2.24, 2.45) is 0 Å². The third-order valence-electron chi connectivity index (χ3n) is 1.81. The molecule has 0 heterocycles. The molecular formula is C10H9F3O4. The lowest BCUT2D eigenvalue weighted by Gasteiger charge is -2.13. The maximum Gasteiger partial charge on any atom is 0.573 e. The predicted molar refractivity (Wildman–Crippen MR) is 51.0 cm³/mol. The summed E-state index contributed by atoms with van der Waals surface area (Å²) in [5, 5.41) is 8.52. The van der Waals surface area contributed by atoms with Crippen LogP contribution in [-0.4, -0.2) is 24.5 Å². The van der Waals surface area contributed by atoms with Gasteiger partial charge in [0.05, 0.1) is 13.5 Å². The summed E-state index contributed by atoms with van der Waals surface area (Å²) in [7, 11) is 1.19. The molecule has 0 atom stereocenters. The minimum atomic E-state index is -4.85. The van der Waals surface area contributed by atoms with E-state index in [1.807, 2.05) is 0 Å². The van der Waals surface area contributed by atoms with Gasteiger partial charge in [-0.3, -0.25) is 4.79 Å². The number of aliphatic carboxylic acids is 1. The van der Waals surface area contributed by atoms with Crippen molar-refractivity contribution in [1.29, 1.82) is 0 Å². The molecule has 94 valence electrons. The number of carboxylic acids is 1. The van der Waals surface area contributed by atoms with Crippen LogP contribution in [0, 0.1) is 0 Å².